The Morgan fingerprint density at radius 1 is 1.17 bits per heavy atom. The number of hydrogen-bond donors (Lipinski definition) is 1. The van der Waals surface area contributed by atoms with Crippen molar-refractivity contribution >= 4 is 62.5 Å². The van der Waals surface area contributed by atoms with E-state index in [1.807, 2.05) is 24.3 Å². The summed E-state index contributed by atoms with van der Waals surface area (Å²) >= 11 is 4.65. The maximum absolute atomic E-state index is 12.6. The average Bonchev–Trinajstić information content (AvgIpc) is 3.37. The molecule has 154 valence electrons. The fraction of sp³-hybridized carbons (Fsp3) is 0.350. The first-order valence-corrected chi connectivity index (χ1v) is 12.3. The molecular formula is C20H19N5O2S3. The highest BCUT2D eigenvalue weighted by atomic mass is 32.2. The zero-order valence-electron chi connectivity index (χ0n) is 16.3. The third-order valence-corrected chi connectivity index (χ3v) is 8.30. The summed E-state index contributed by atoms with van der Waals surface area (Å²) in [5.74, 6) is 1.61. The second-order valence-electron chi connectivity index (χ2n) is 7.02. The van der Waals surface area contributed by atoms with E-state index in [1.165, 1.54) is 40.0 Å². The van der Waals surface area contributed by atoms with Crippen LogP contribution in [0.15, 0.2) is 49.1 Å². The molecule has 2 aromatic rings. The molecule has 3 heterocycles. The molecule has 0 bridgehead atoms. The van der Waals surface area contributed by atoms with Crippen LogP contribution in [-0.2, 0) is 4.79 Å². The Morgan fingerprint density at radius 2 is 2.00 bits per heavy atom. The maximum atomic E-state index is 12.6. The lowest BCUT2D eigenvalue weighted by atomic mass is 9.89. The Hall–Kier alpha value is -2.17. The Labute approximate surface area is 186 Å². The number of amides is 1. The number of allylic oxidation sites excluding steroid dienone is 1. The first kappa shape index (κ1) is 19.8. The number of anilines is 2. The Morgan fingerprint density at radius 3 is 2.83 bits per heavy atom. The molecule has 30 heavy (non-hydrogen) atoms. The molecule has 1 aromatic heterocycles. The van der Waals surface area contributed by atoms with Crippen LogP contribution in [0.2, 0.25) is 0 Å². The largest absolute Gasteiger partial charge is 0.497 e. The van der Waals surface area contributed by atoms with Gasteiger partial charge in [0.15, 0.2) is 4.34 Å². The van der Waals surface area contributed by atoms with E-state index >= 15 is 0 Å². The van der Waals surface area contributed by atoms with Gasteiger partial charge in [0, 0.05) is 5.69 Å². The van der Waals surface area contributed by atoms with Gasteiger partial charge >= 0.3 is 0 Å². The molecule has 0 radical (unpaired) electrons. The van der Waals surface area contributed by atoms with Gasteiger partial charge in [-0.25, -0.2) is 4.99 Å². The summed E-state index contributed by atoms with van der Waals surface area (Å²) in [7, 11) is 1.64. The smallest absolute Gasteiger partial charge is 0.261 e. The number of methoxy groups -OCH3 is 1. The number of carbonyl (C=O) groups excluding carboxylic acids is 1. The van der Waals surface area contributed by atoms with Crippen LogP contribution in [0.5, 0.6) is 5.75 Å². The number of carbonyl (C=O) groups is 1. The average molecular weight is 458 g/mol. The van der Waals surface area contributed by atoms with Gasteiger partial charge in [-0.1, -0.05) is 34.9 Å². The van der Waals surface area contributed by atoms with Gasteiger partial charge in [-0.2, -0.15) is 4.99 Å². The van der Waals surface area contributed by atoms with Crippen molar-refractivity contribution in [2.45, 2.75) is 30.0 Å². The van der Waals surface area contributed by atoms with Crippen LogP contribution in [0.3, 0.4) is 0 Å². The third-order valence-electron chi connectivity index (χ3n) is 5.08. The summed E-state index contributed by atoms with van der Waals surface area (Å²) < 4.78 is 5.97. The fourth-order valence-electron chi connectivity index (χ4n) is 3.65. The van der Waals surface area contributed by atoms with Gasteiger partial charge in [-0.15, -0.1) is 10.2 Å². The molecule has 0 fully saturated rings. The molecule has 1 N–H and O–H groups in total. The number of hydrogen-bond acceptors (Lipinski definition) is 9. The Balaban J connectivity index is 1.20. The van der Waals surface area contributed by atoms with Gasteiger partial charge in [-0.3, -0.25) is 4.79 Å². The fourth-order valence-corrected chi connectivity index (χ4v) is 6.64. The van der Waals surface area contributed by atoms with Crippen LogP contribution in [0, 0.1) is 5.92 Å². The molecule has 5 rings (SSSR count). The zero-order valence-corrected chi connectivity index (χ0v) is 18.7. The molecule has 1 unspecified atom stereocenters. The van der Waals surface area contributed by atoms with Crippen molar-refractivity contribution in [2.24, 2.45) is 15.9 Å². The first-order chi connectivity index (χ1) is 14.7. The summed E-state index contributed by atoms with van der Waals surface area (Å²) in [5.41, 5.74) is 2.18. The number of fused-ring (bicyclic) bond motifs is 2. The van der Waals surface area contributed by atoms with Gasteiger partial charge in [0.2, 0.25) is 5.13 Å². The van der Waals surface area contributed by atoms with Gasteiger partial charge in [-0.05, 0) is 60.4 Å². The highest BCUT2D eigenvalue weighted by Crippen LogP contribution is 2.47. The van der Waals surface area contributed by atoms with E-state index in [2.05, 4.69) is 20.5 Å². The van der Waals surface area contributed by atoms with E-state index < -0.39 is 0 Å². The third kappa shape index (κ3) is 4.03. The lowest BCUT2D eigenvalue weighted by molar-refractivity contribution is -0.118. The van der Waals surface area contributed by atoms with Crippen LogP contribution in [0.4, 0.5) is 10.8 Å². The topological polar surface area (TPSA) is 88.8 Å². The molecule has 1 aliphatic carbocycles. The van der Waals surface area contributed by atoms with E-state index in [9.17, 15) is 4.79 Å². The van der Waals surface area contributed by atoms with Gasteiger partial charge in [0.25, 0.3) is 5.91 Å². The van der Waals surface area contributed by atoms with Gasteiger partial charge in [0.1, 0.15) is 17.5 Å². The van der Waals surface area contributed by atoms with Crippen molar-refractivity contribution in [3.8, 4) is 5.75 Å². The quantitative estimate of drug-likeness (QED) is 0.617. The minimum Gasteiger partial charge on any atom is -0.497 e. The molecule has 3 aliphatic rings. The molecule has 2 aliphatic heterocycles. The number of amidine groups is 1. The minimum absolute atomic E-state index is 0.0610. The van der Waals surface area contributed by atoms with Crippen molar-refractivity contribution in [2.75, 3.05) is 18.2 Å². The van der Waals surface area contributed by atoms with Crippen molar-refractivity contribution in [3.05, 3.63) is 34.7 Å². The number of nitrogens with zero attached hydrogens (tertiary/aromatic N) is 4. The van der Waals surface area contributed by atoms with Crippen molar-refractivity contribution in [1.82, 2.24) is 10.2 Å². The minimum atomic E-state index is -0.208. The van der Waals surface area contributed by atoms with Crippen LogP contribution in [-0.4, -0.2) is 39.8 Å². The van der Waals surface area contributed by atoms with Crippen LogP contribution < -0.4 is 10.1 Å². The summed E-state index contributed by atoms with van der Waals surface area (Å²) in [6.07, 6.45) is 4.44. The van der Waals surface area contributed by atoms with Gasteiger partial charge in [0.05, 0.1) is 17.9 Å². The lowest BCUT2D eigenvalue weighted by Gasteiger charge is -2.18. The van der Waals surface area contributed by atoms with E-state index in [0.29, 0.717) is 16.7 Å². The second kappa shape index (κ2) is 8.52. The molecule has 0 spiro atoms. The number of aromatic nitrogens is 2. The Kier molecular flexibility index (Phi) is 5.62. The molecule has 1 aromatic carbocycles. The molecule has 7 nitrogen and oxygen atoms in total. The number of thioether (sulfide) groups is 2. The summed E-state index contributed by atoms with van der Waals surface area (Å²) in [5, 5.41) is 13.3. The monoisotopic (exact) mass is 457 g/mol. The number of benzene rings is 1. The lowest BCUT2D eigenvalue weighted by Crippen LogP contribution is -2.26. The predicted molar refractivity (Wildman–Crippen MR) is 123 cm³/mol. The van der Waals surface area contributed by atoms with Crippen LogP contribution in [0.1, 0.15) is 25.7 Å². The Bertz CT molecular complexity index is 1070. The molecule has 10 heteroatoms. The van der Waals surface area contributed by atoms with Crippen molar-refractivity contribution < 1.29 is 9.53 Å². The van der Waals surface area contributed by atoms with E-state index in [4.69, 9.17) is 9.73 Å². The summed E-state index contributed by atoms with van der Waals surface area (Å²) in [4.78, 5) is 23.0. The number of nitrogens with one attached hydrogen (secondary N) is 1. The molecular weight excluding hydrogens is 438 g/mol. The highest BCUT2D eigenvalue weighted by molar-refractivity contribution is 8.17. The summed E-state index contributed by atoms with van der Waals surface area (Å²) in [6.45, 7) is 0. The second-order valence-corrected chi connectivity index (χ2v) is 10.3. The van der Waals surface area contributed by atoms with E-state index in [0.717, 1.165) is 40.1 Å². The predicted octanol–water partition coefficient (Wildman–Crippen LogP) is 4.91. The number of aliphatic imine (C=N–C) groups is 2. The van der Waals surface area contributed by atoms with E-state index in [-0.39, 0.29) is 11.8 Å². The van der Waals surface area contributed by atoms with Crippen molar-refractivity contribution in [1.29, 1.82) is 0 Å². The standard InChI is InChI=1S/C20H19N5O2S3/c1-27-12-8-6-11(7-9-12)21-19-24-25-20(30-19)28-10-15-22-17(26)16-13-4-2-3-5-14(13)29-18(16)23-15/h6-9,16H,2-5,10H2,1H3,(H,21,24). The molecule has 1 atom stereocenters. The number of ether oxygens (including phenoxy) is 1. The normalized spacial score (nSPS) is 20.4. The maximum Gasteiger partial charge on any atom is 0.261 e. The van der Waals surface area contributed by atoms with E-state index in [1.54, 1.807) is 18.9 Å². The van der Waals surface area contributed by atoms with Crippen LogP contribution >= 0.6 is 34.9 Å². The molecule has 1 amide bonds. The molecule has 0 saturated heterocycles. The van der Waals surface area contributed by atoms with Crippen molar-refractivity contribution in [3.63, 3.8) is 0 Å². The highest BCUT2D eigenvalue weighted by Gasteiger charge is 2.40. The summed E-state index contributed by atoms with van der Waals surface area (Å²) in [6, 6.07) is 7.62. The zero-order chi connectivity index (χ0) is 20.5. The van der Waals surface area contributed by atoms with Gasteiger partial charge < -0.3 is 10.1 Å². The number of rotatable bonds is 6. The SMILES string of the molecule is COc1ccc(Nc2nnc(SCC3=NC(=O)C4C(=N3)SC3=C4CCCC3)s2)cc1. The molecule has 0 saturated carbocycles. The van der Waals surface area contributed by atoms with Crippen LogP contribution in [0.25, 0.3) is 0 Å². The first-order valence-electron chi connectivity index (χ1n) is 9.67.